The average Bonchev–Trinajstić information content (AvgIpc) is 3.36. The van der Waals surface area contributed by atoms with Crippen LogP contribution in [0.15, 0.2) is 54.2 Å². The highest BCUT2D eigenvalue weighted by Gasteiger charge is 2.32. The van der Waals surface area contributed by atoms with E-state index >= 15 is 0 Å². The van der Waals surface area contributed by atoms with Crippen molar-refractivity contribution < 1.29 is 22.7 Å². The number of alkyl halides is 3. The molecule has 6 N–H and O–H groups in total. The molecule has 0 unspecified atom stereocenters. The van der Waals surface area contributed by atoms with E-state index in [-0.39, 0.29) is 28.6 Å². The lowest BCUT2D eigenvalue weighted by Gasteiger charge is -2.36. The molecule has 0 atom stereocenters. The van der Waals surface area contributed by atoms with E-state index in [4.69, 9.17) is 16.2 Å². The standard InChI is InChI=1S/C33H41F3N10O2/c1-4-39-27-28(42-32(43-29(27)37)46-9-6-15-48-16-14-46)30(38)41-26-17-22(8-7-21(26)3)31(47)40-24-18-23(33(34,35)36)19-25(20-24)45-12-10-44(5-2)11-13-45/h4,7-8,17-20,39H,1,5-6,9-16H2,2-3H3,(H2,38,41)(H,40,47)(H2,37,42,43). The predicted molar refractivity (Wildman–Crippen MR) is 183 cm³/mol. The number of nitrogens with two attached hydrogens (primary N) is 2. The van der Waals surface area contributed by atoms with Gasteiger partial charge in [-0.25, -0.2) is 9.98 Å². The number of hydrogen-bond acceptors (Lipinski definition) is 10. The van der Waals surface area contributed by atoms with Crippen molar-refractivity contribution in [2.24, 2.45) is 10.7 Å². The first-order chi connectivity index (χ1) is 23.0. The Morgan fingerprint density at radius 1 is 1.06 bits per heavy atom. The zero-order valence-electron chi connectivity index (χ0n) is 27.1. The SMILES string of the molecule is C=CNc1c(N)nc(N2CCCOCC2)nc1C(N)=Nc1cc(C(=O)Nc2cc(N3CCN(CC)CC3)cc(C(F)(F)F)c2)ccc1C. The molecule has 2 saturated heterocycles. The number of nitrogens with zero attached hydrogens (tertiary/aromatic N) is 6. The number of nitrogens with one attached hydrogen (secondary N) is 2. The molecule has 0 aliphatic carbocycles. The molecule has 3 heterocycles. The Kier molecular flexibility index (Phi) is 10.7. The van der Waals surface area contributed by atoms with Crippen LogP contribution < -0.4 is 31.9 Å². The first-order valence-electron chi connectivity index (χ1n) is 15.8. The Hall–Kier alpha value is -4.89. The molecule has 1 aromatic heterocycles. The minimum Gasteiger partial charge on any atom is -0.382 e. The molecule has 2 aliphatic heterocycles. The number of benzene rings is 2. The van der Waals surface area contributed by atoms with Crippen LogP contribution in [-0.4, -0.2) is 85.6 Å². The van der Waals surface area contributed by atoms with E-state index in [1.165, 1.54) is 12.3 Å². The molecule has 12 nitrogen and oxygen atoms in total. The molecule has 0 bridgehead atoms. The monoisotopic (exact) mass is 666 g/mol. The number of nitrogen functional groups attached to an aromatic ring is 1. The molecule has 0 radical (unpaired) electrons. The molecule has 0 spiro atoms. The highest BCUT2D eigenvalue weighted by atomic mass is 19.4. The fraction of sp³-hybridized carbons (Fsp3) is 0.394. The second-order valence-corrected chi connectivity index (χ2v) is 11.6. The van der Waals surface area contributed by atoms with Gasteiger partial charge in [0.15, 0.2) is 11.7 Å². The second kappa shape index (κ2) is 14.9. The van der Waals surface area contributed by atoms with Gasteiger partial charge in [-0.15, -0.1) is 0 Å². The van der Waals surface area contributed by atoms with E-state index in [0.29, 0.717) is 68.0 Å². The topological polar surface area (TPSA) is 150 Å². The Morgan fingerprint density at radius 2 is 1.83 bits per heavy atom. The van der Waals surface area contributed by atoms with Gasteiger partial charge in [0.2, 0.25) is 5.95 Å². The number of carbonyl (C=O) groups is 1. The fourth-order valence-electron chi connectivity index (χ4n) is 5.59. The Balaban J connectivity index is 1.43. The van der Waals surface area contributed by atoms with Gasteiger partial charge in [-0.2, -0.15) is 18.2 Å². The van der Waals surface area contributed by atoms with Crippen LogP contribution in [0.25, 0.3) is 0 Å². The molecule has 1 amide bonds. The van der Waals surface area contributed by atoms with Gasteiger partial charge in [0.25, 0.3) is 5.91 Å². The maximum Gasteiger partial charge on any atom is 0.416 e. The van der Waals surface area contributed by atoms with Gasteiger partial charge in [0.1, 0.15) is 11.4 Å². The maximum atomic E-state index is 13.9. The van der Waals surface area contributed by atoms with Gasteiger partial charge in [-0.1, -0.05) is 19.6 Å². The lowest BCUT2D eigenvalue weighted by Crippen LogP contribution is -2.46. The summed E-state index contributed by atoms with van der Waals surface area (Å²) < 4.78 is 47.3. The minimum absolute atomic E-state index is 0.00659. The third-order valence-corrected chi connectivity index (χ3v) is 8.32. The fourth-order valence-corrected chi connectivity index (χ4v) is 5.59. The number of anilines is 5. The normalized spacial score (nSPS) is 16.4. The molecule has 2 fully saturated rings. The largest absolute Gasteiger partial charge is 0.416 e. The molecule has 256 valence electrons. The maximum absolute atomic E-state index is 13.9. The van der Waals surface area contributed by atoms with Gasteiger partial charge >= 0.3 is 6.18 Å². The van der Waals surface area contributed by atoms with Crippen molar-refractivity contribution in [3.05, 3.63) is 71.6 Å². The van der Waals surface area contributed by atoms with Crippen molar-refractivity contribution in [2.45, 2.75) is 26.4 Å². The summed E-state index contributed by atoms with van der Waals surface area (Å²) >= 11 is 0. The lowest BCUT2D eigenvalue weighted by atomic mass is 10.1. The molecular weight excluding hydrogens is 625 g/mol. The van der Waals surface area contributed by atoms with Crippen molar-refractivity contribution >= 4 is 46.3 Å². The van der Waals surface area contributed by atoms with E-state index in [1.807, 2.05) is 9.80 Å². The zero-order chi connectivity index (χ0) is 34.4. The summed E-state index contributed by atoms with van der Waals surface area (Å²) in [7, 11) is 0. The van der Waals surface area contributed by atoms with E-state index in [9.17, 15) is 18.0 Å². The molecule has 0 saturated carbocycles. The van der Waals surface area contributed by atoms with E-state index < -0.39 is 17.6 Å². The molecule has 15 heteroatoms. The van der Waals surface area contributed by atoms with Gasteiger partial charge in [-0.3, -0.25) is 4.79 Å². The summed E-state index contributed by atoms with van der Waals surface area (Å²) in [6.45, 7) is 13.5. The Labute approximate surface area is 277 Å². The number of carbonyl (C=O) groups excluding carboxylic acids is 1. The van der Waals surface area contributed by atoms with Crippen LogP contribution in [-0.2, 0) is 10.9 Å². The number of rotatable bonds is 9. The second-order valence-electron chi connectivity index (χ2n) is 11.6. The van der Waals surface area contributed by atoms with Crippen LogP contribution in [0.2, 0.25) is 0 Å². The van der Waals surface area contributed by atoms with Crippen molar-refractivity contribution in [1.29, 1.82) is 0 Å². The van der Waals surface area contributed by atoms with Gasteiger partial charge in [0, 0.05) is 62.8 Å². The first-order valence-corrected chi connectivity index (χ1v) is 15.8. The van der Waals surface area contributed by atoms with Crippen molar-refractivity contribution in [3.8, 4) is 0 Å². The van der Waals surface area contributed by atoms with E-state index in [0.717, 1.165) is 38.2 Å². The zero-order valence-corrected chi connectivity index (χ0v) is 27.1. The number of aromatic nitrogens is 2. The first kappa shape index (κ1) is 34.4. The van der Waals surface area contributed by atoms with Crippen LogP contribution >= 0.6 is 0 Å². The smallest absolute Gasteiger partial charge is 0.382 e. The predicted octanol–water partition coefficient (Wildman–Crippen LogP) is 4.60. The minimum atomic E-state index is -4.59. The Bertz CT molecular complexity index is 1660. The molecular formula is C33H41F3N10O2. The van der Waals surface area contributed by atoms with Crippen LogP contribution in [0.5, 0.6) is 0 Å². The summed E-state index contributed by atoms with van der Waals surface area (Å²) in [4.78, 5) is 33.2. The number of aryl methyl sites for hydroxylation is 1. The van der Waals surface area contributed by atoms with Crippen molar-refractivity contribution in [2.75, 3.05) is 85.2 Å². The van der Waals surface area contributed by atoms with Crippen molar-refractivity contribution in [1.82, 2.24) is 14.9 Å². The summed E-state index contributed by atoms with van der Waals surface area (Å²) in [5.41, 5.74) is 14.2. The number of halogens is 3. The highest BCUT2D eigenvalue weighted by molar-refractivity contribution is 6.06. The van der Waals surface area contributed by atoms with Crippen LogP contribution in [0.1, 0.15) is 40.5 Å². The number of piperazine rings is 1. The quantitative estimate of drug-likeness (QED) is 0.189. The number of amides is 1. The van der Waals surface area contributed by atoms with Crippen LogP contribution in [0.4, 0.5) is 47.7 Å². The third kappa shape index (κ3) is 8.15. The number of aliphatic imine (C=N–C) groups is 1. The summed E-state index contributed by atoms with van der Waals surface area (Å²) in [6, 6.07) is 8.42. The highest BCUT2D eigenvalue weighted by Crippen LogP contribution is 2.35. The molecule has 2 aromatic carbocycles. The number of likely N-dealkylation sites (N-methyl/N-ethyl adjacent to an activating group) is 1. The third-order valence-electron chi connectivity index (χ3n) is 8.32. The molecule has 3 aromatic rings. The number of amidine groups is 1. The van der Waals surface area contributed by atoms with Crippen LogP contribution in [0, 0.1) is 6.92 Å². The lowest BCUT2D eigenvalue weighted by molar-refractivity contribution is -0.137. The van der Waals surface area contributed by atoms with E-state index in [2.05, 4.69) is 44.0 Å². The summed E-state index contributed by atoms with van der Waals surface area (Å²) in [5, 5.41) is 5.59. The summed E-state index contributed by atoms with van der Waals surface area (Å²) in [5.74, 6) is -0.0711. The average molecular weight is 667 g/mol. The van der Waals surface area contributed by atoms with Gasteiger partial charge in [0.05, 0.1) is 17.9 Å². The van der Waals surface area contributed by atoms with E-state index in [1.54, 1.807) is 25.1 Å². The molecule has 5 rings (SSSR count). The van der Waals surface area contributed by atoms with Gasteiger partial charge < -0.3 is 41.5 Å². The number of hydrogen-bond donors (Lipinski definition) is 4. The number of ether oxygens (including phenoxy) is 1. The summed E-state index contributed by atoms with van der Waals surface area (Å²) in [6.07, 6.45) is -2.37. The van der Waals surface area contributed by atoms with Crippen LogP contribution in [0.3, 0.4) is 0 Å². The molecule has 2 aliphatic rings. The molecule has 48 heavy (non-hydrogen) atoms. The Morgan fingerprint density at radius 3 is 2.54 bits per heavy atom. The van der Waals surface area contributed by atoms with Crippen molar-refractivity contribution in [3.63, 3.8) is 0 Å². The van der Waals surface area contributed by atoms with Gasteiger partial charge in [-0.05, 0) is 62.0 Å².